The molecule has 0 radical (unpaired) electrons. The molecule has 4 rings (SSSR count). The number of amides is 1. The highest BCUT2D eigenvalue weighted by Gasteiger charge is 2.39. The smallest absolute Gasteiger partial charge is 0.265 e. The van der Waals surface area contributed by atoms with E-state index in [0.29, 0.717) is 12.1 Å². The van der Waals surface area contributed by atoms with Crippen LogP contribution in [0, 0.1) is 0 Å². The Balaban J connectivity index is 1.54. The van der Waals surface area contributed by atoms with Crippen molar-refractivity contribution in [2.75, 3.05) is 20.1 Å². The summed E-state index contributed by atoms with van der Waals surface area (Å²) >= 11 is 1.45. The zero-order valence-electron chi connectivity index (χ0n) is 13.9. The summed E-state index contributed by atoms with van der Waals surface area (Å²) < 4.78 is 0. The van der Waals surface area contributed by atoms with Crippen LogP contribution in [0.5, 0.6) is 0 Å². The molecule has 2 aliphatic heterocycles. The van der Waals surface area contributed by atoms with Crippen molar-refractivity contribution in [2.45, 2.75) is 37.8 Å². The molecule has 24 heavy (non-hydrogen) atoms. The largest absolute Gasteiger partial charge is 0.333 e. The molecule has 0 spiro atoms. The minimum Gasteiger partial charge on any atom is -0.333 e. The first-order chi connectivity index (χ1) is 11.7. The van der Waals surface area contributed by atoms with Gasteiger partial charge in [0.05, 0.1) is 11.9 Å². The standard InChI is InChI=1S/C18H22N4OS/c1-21-10-4-7-14(21)15-8-5-11-22(15)18(23)16-12-20-17(24-16)13-6-2-3-9-19-13/h2-3,6,9,12,14-15H,4-5,7-8,10-11H2,1H3. The minimum atomic E-state index is 0.137. The molecule has 2 unspecified atom stereocenters. The molecule has 126 valence electrons. The Morgan fingerprint density at radius 3 is 2.75 bits per heavy atom. The van der Waals surface area contributed by atoms with E-state index < -0.39 is 0 Å². The summed E-state index contributed by atoms with van der Waals surface area (Å²) in [4.78, 5) is 27.0. The van der Waals surface area contributed by atoms with E-state index in [9.17, 15) is 4.79 Å². The van der Waals surface area contributed by atoms with E-state index >= 15 is 0 Å². The van der Waals surface area contributed by atoms with E-state index in [2.05, 4.69) is 26.8 Å². The number of carbonyl (C=O) groups is 1. The molecule has 4 heterocycles. The fourth-order valence-corrected chi connectivity index (χ4v) is 4.84. The fraction of sp³-hybridized carbons (Fsp3) is 0.500. The molecule has 0 saturated carbocycles. The Labute approximate surface area is 146 Å². The van der Waals surface area contributed by atoms with Gasteiger partial charge in [-0.15, -0.1) is 11.3 Å². The maximum absolute atomic E-state index is 13.0. The van der Waals surface area contributed by atoms with Gasteiger partial charge in [-0.25, -0.2) is 4.98 Å². The Morgan fingerprint density at radius 2 is 2.00 bits per heavy atom. The van der Waals surface area contributed by atoms with Crippen LogP contribution in [0.2, 0.25) is 0 Å². The minimum absolute atomic E-state index is 0.137. The lowest BCUT2D eigenvalue weighted by Gasteiger charge is -2.33. The van der Waals surface area contributed by atoms with Crippen molar-refractivity contribution in [3.63, 3.8) is 0 Å². The van der Waals surface area contributed by atoms with Crippen molar-refractivity contribution in [1.82, 2.24) is 19.8 Å². The van der Waals surface area contributed by atoms with Gasteiger partial charge >= 0.3 is 0 Å². The molecule has 2 fully saturated rings. The van der Waals surface area contributed by atoms with Crippen molar-refractivity contribution in [3.8, 4) is 10.7 Å². The van der Waals surface area contributed by atoms with Gasteiger partial charge in [0.25, 0.3) is 5.91 Å². The van der Waals surface area contributed by atoms with Gasteiger partial charge in [0.1, 0.15) is 9.88 Å². The normalized spacial score (nSPS) is 24.6. The molecule has 0 N–H and O–H groups in total. The first-order valence-electron chi connectivity index (χ1n) is 8.62. The van der Waals surface area contributed by atoms with E-state index in [4.69, 9.17) is 0 Å². The third kappa shape index (κ3) is 2.84. The molecule has 5 nitrogen and oxygen atoms in total. The summed E-state index contributed by atoms with van der Waals surface area (Å²) in [5.41, 5.74) is 0.829. The average Bonchev–Trinajstić information content (AvgIpc) is 3.35. The SMILES string of the molecule is CN1CCCC1C1CCCN1C(=O)c1cnc(-c2ccccn2)s1. The first kappa shape index (κ1) is 15.7. The molecule has 0 aliphatic carbocycles. The van der Waals surface area contributed by atoms with Crippen LogP contribution in [0.3, 0.4) is 0 Å². The molecule has 2 aliphatic rings. The Hall–Kier alpha value is -1.79. The van der Waals surface area contributed by atoms with Crippen molar-refractivity contribution in [3.05, 3.63) is 35.5 Å². The third-order valence-electron chi connectivity index (χ3n) is 5.18. The lowest BCUT2D eigenvalue weighted by Crippen LogP contribution is -2.46. The van der Waals surface area contributed by atoms with Gasteiger partial charge in [-0.05, 0) is 51.4 Å². The number of likely N-dealkylation sites (tertiary alicyclic amines) is 2. The van der Waals surface area contributed by atoms with E-state index in [1.807, 2.05) is 18.2 Å². The predicted molar refractivity (Wildman–Crippen MR) is 95.1 cm³/mol. The van der Waals surface area contributed by atoms with Gasteiger partial charge in [0.2, 0.25) is 0 Å². The number of hydrogen-bond donors (Lipinski definition) is 0. The van der Waals surface area contributed by atoms with Gasteiger partial charge in [-0.2, -0.15) is 0 Å². The second-order valence-electron chi connectivity index (χ2n) is 6.64. The lowest BCUT2D eigenvalue weighted by atomic mass is 10.0. The molecule has 1 amide bonds. The number of rotatable bonds is 3. The zero-order valence-corrected chi connectivity index (χ0v) is 14.7. The highest BCUT2D eigenvalue weighted by molar-refractivity contribution is 7.16. The van der Waals surface area contributed by atoms with Gasteiger partial charge in [-0.3, -0.25) is 9.78 Å². The monoisotopic (exact) mass is 342 g/mol. The number of likely N-dealkylation sites (N-methyl/N-ethyl adjacent to an activating group) is 1. The van der Waals surface area contributed by atoms with Crippen LogP contribution in [0.15, 0.2) is 30.6 Å². The number of pyridine rings is 1. The van der Waals surface area contributed by atoms with Crippen LogP contribution in [-0.4, -0.2) is 57.9 Å². The van der Waals surface area contributed by atoms with Gasteiger partial charge in [0, 0.05) is 24.8 Å². The Bertz CT molecular complexity index is 717. The average molecular weight is 342 g/mol. The Kier molecular flexibility index (Phi) is 4.33. The van der Waals surface area contributed by atoms with Gasteiger partial charge in [-0.1, -0.05) is 6.07 Å². The van der Waals surface area contributed by atoms with Gasteiger partial charge in [0.15, 0.2) is 0 Å². The first-order valence-corrected chi connectivity index (χ1v) is 9.44. The summed E-state index contributed by atoms with van der Waals surface area (Å²) in [5, 5.41) is 0.813. The Morgan fingerprint density at radius 1 is 1.17 bits per heavy atom. The predicted octanol–water partition coefficient (Wildman–Crippen LogP) is 2.90. The van der Waals surface area contributed by atoms with Crippen LogP contribution in [0.25, 0.3) is 10.7 Å². The van der Waals surface area contributed by atoms with E-state index in [-0.39, 0.29) is 5.91 Å². The van der Waals surface area contributed by atoms with Crippen LogP contribution in [0.4, 0.5) is 0 Å². The summed E-state index contributed by atoms with van der Waals surface area (Å²) in [5.74, 6) is 0.137. The van der Waals surface area contributed by atoms with Crippen molar-refractivity contribution in [2.24, 2.45) is 0 Å². The number of carbonyl (C=O) groups excluding carboxylic acids is 1. The van der Waals surface area contributed by atoms with Crippen LogP contribution >= 0.6 is 11.3 Å². The van der Waals surface area contributed by atoms with E-state index in [1.165, 1.54) is 24.2 Å². The number of aromatic nitrogens is 2. The molecule has 0 bridgehead atoms. The quantitative estimate of drug-likeness (QED) is 0.860. The summed E-state index contributed by atoms with van der Waals surface area (Å²) in [6, 6.07) is 6.62. The van der Waals surface area contributed by atoms with Crippen molar-refractivity contribution in [1.29, 1.82) is 0 Å². The van der Waals surface area contributed by atoms with Crippen LogP contribution < -0.4 is 0 Å². The molecule has 2 aromatic heterocycles. The van der Waals surface area contributed by atoms with Gasteiger partial charge < -0.3 is 9.80 Å². The van der Waals surface area contributed by atoms with Crippen LogP contribution in [0.1, 0.15) is 35.4 Å². The molecule has 2 saturated heterocycles. The highest BCUT2D eigenvalue weighted by atomic mass is 32.1. The summed E-state index contributed by atoms with van der Waals surface area (Å²) in [6.45, 7) is 2.01. The fourth-order valence-electron chi connectivity index (χ4n) is 3.99. The molecule has 0 aromatic carbocycles. The lowest BCUT2D eigenvalue weighted by molar-refractivity contribution is 0.0669. The van der Waals surface area contributed by atoms with Crippen LogP contribution in [-0.2, 0) is 0 Å². The molecular weight excluding hydrogens is 320 g/mol. The molecular formula is C18H22N4OS. The van der Waals surface area contributed by atoms with Crippen molar-refractivity contribution < 1.29 is 4.79 Å². The third-order valence-corrected chi connectivity index (χ3v) is 6.19. The maximum atomic E-state index is 13.0. The number of hydrogen-bond acceptors (Lipinski definition) is 5. The second-order valence-corrected chi connectivity index (χ2v) is 7.67. The van der Waals surface area contributed by atoms with E-state index in [0.717, 1.165) is 41.5 Å². The number of nitrogens with zero attached hydrogens (tertiary/aromatic N) is 4. The topological polar surface area (TPSA) is 49.3 Å². The van der Waals surface area contributed by atoms with E-state index in [1.54, 1.807) is 12.4 Å². The highest BCUT2D eigenvalue weighted by Crippen LogP contribution is 2.32. The molecule has 6 heteroatoms. The zero-order chi connectivity index (χ0) is 16.5. The summed E-state index contributed by atoms with van der Waals surface area (Å²) in [7, 11) is 2.19. The maximum Gasteiger partial charge on any atom is 0.265 e. The summed E-state index contributed by atoms with van der Waals surface area (Å²) in [6.07, 6.45) is 8.13. The molecule has 2 aromatic rings. The number of thiazole rings is 1. The second kappa shape index (κ2) is 6.61. The molecule has 2 atom stereocenters. The van der Waals surface area contributed by atoms with Crippen molar-refractivity contribution >= 4 is 17.2 Å².